The summed E-state index contributed by atoms with van der Waals surface area (Å²) >= 11 is 0. The van der Waals surface area contributed by atoms with Crippen LogP contribution in [-0.2, 0) is 4.79 Å². The number of likely N-dealkylation sites (N-methyl/N-ethyl adjacent to an activating group) is 1. The number of hydrogen-bond acceptors (Lipinski definition) is 4. The van der Waals surface area contributed by atoms with Gasteiger partial charge in [-0.2, -0.15) is 0 Å². The average Bonchev–Trinajstić information content (AvgIpc) is 2.68. The van der Waals surface area contributed by atoms with E-state index in [-0.39, 0.29) is 5.91 Å². The summed E-state index contributed by atoms with van der Waals surface area (Å²) in [7, 11) is 2.15. The van der Waals surface area contributed by atoms with Crippen molar-refractivity contribution in [1.29, 1.82) is 0 Å². The van der Waals surface area contributed by atoms with Crippen LogP contribution in [0.1, 0.15) is 18.4 Å². The predicted octanol–water partition coefficient (Wildman–Crippen LogP) is 3.54. The van der Waals surface area contributed by atoms with Crippen LogP contribution < -0.4 is 15.0 Å². The van der Waals surface area contributed by atoms with Gasteiger partial charge in [-0.25, -0.2) is 0 Å². The third-order valence-electron chi connectivity index (χ3n) is 4.86. The van der Waals surface area contributed by atoms with Gasteiger partial charge in [0.15, 0.2) is 0 Å². The molecule has 1 saturated heterocycles. The first-order valence-electron chi connectivity index (χ1n) is 9.63. The molecule has 1 aliphatic heterocycles. The first-order chi connectivity index (χ1) is 13.1. The second kappa shape index (κ2) is 9.42. The molecule has 1 aliphatic rings. The number of aryl methyl sites for hydroxylation is 1. The summed E-state index contributed by atoms with van der Waals surface area (Å²) in [6.45, 7) is 6.85. The second-order valence-corrected chi connectivity index (χ2v) is 7.15. The fourth-order valence-electron chi connectivity index (χ4n) is 3.10. The van der Waals surface area contributed by atoms with E-state index in [9.17, 15) is 4.79 Å². The number of benzene rings is 2. The van der Waals surface area contributed by atoms with Gasteiger partial charge in [0, 0.05) is 44.0 Å². The first-order valence-corrected chi connectivity index (χ1v) is 9.63. The van der Waals surface area contributed by atoms with Crippen LogP contribution in [0.2, 0.25) is 0 Å². The molecule has 3 rings (SSSR count). The molecule has 5 heteroatoms. The molecule has 5 nitrogen and oxygen atoms in total. The summed E-state index contributed by atoms with van der Waals surface area (Å²) in [6.07, 6.45) is 1.14. The number of hydrogen-bond donors (Lipinski definition) is 1. The molecule has 0 aromatic heterocycles. The van der Waals surface area contributed by atoms with Gasteiger partial charge in [0.05, 0.1) is 6.61 Å². The first kappa shape index (κ1) is 19.2. The zero-order valence-corrected chi connectivity index (χ0v) is 16.3. The van der Waals surface area contributed by atoms with Crippen molar-refractivity contribution in [2.45, 2.75) is 19.8 Å². The lowest BCUT2D eigenvalue weighted by atomic mass is 10.2. The van der Waals surface area contributed by atoms with Gasteiger partial charge < -0.3 is 19.9 Å². The molecule has 27 heavy (non-hydrogen) atoms. The van der Waals surface area contributed by atoms with Crippen molar-refractivity contribution >= 4 is 17.3 Å². The maximum Gasteiger partial charge on any atom is 0.224 e. The van der Waals surface area contributed by atoms with Crippen LogP contribution in [0.5, 0.6) is 5.75 Å². The van der Waals surface area contributed by atoms with Gasteiger partial charge in [-0.3, -0.25) is 4.79 Å². The van der Waals surface area contributed by atoms with Crippen LogP contribution >= 0.6 is 0 Å². The monoisotopic (exact) mass is 367 g/mol. The Bertz CT molecular complexity index is 720. The number of nitrogens with zero attached hydrogens (tertiary/aromatic N) is 2. The molecule has 1 fully saturated rings. The fraction of sp³-hybridized carbons (Fsp3) is 0.409. The zero-order valence-electron chi connectivity index (χ0n) is 16.3. The molecule has 2 aromatic rings. The number of amides is 1. The quantitative estimate of drug-likeness (QED) is 0.760. The van der Waals surface area contributed by atoms with Gasteiger partial charge in [0.2, 0.25) is 5.91 Å². The number of piperazine rings is 1. The van der Waals surface area contributed by atoms with Crippen LogP contribution in [0.25, 0.3) is 0 Å². The number of carbonyl (C=O) groups excluding carboxylic acids is 1. The molecular formula is C22H29N3O2. The summed E-state index contributed by atoms with van der Waals surface area (Å²) in [5.41, 5.74) is 3.27. The van der Waals surface area contributed by atoms with E-state index in [4.69, 9.17) is 4.74 Å². The van der Waals surface area contributed by atoms with Crippen LogP contribution in [0.15, 0.2) is 48.5 Å². The Balaban J connectivity index is 1.38. The van der Waals surface area contributed by atoms with Crippen LogP contribution in [0.4, 0.5) is 11.4 Å². The summed E-state index contributed by atoms with van der Waals surface area (Å²) in [5, 5.41) is 2.96. The van der Waals surface area contributed by atoms with Gasteiger partial charge in [-0.15, -0.1) is 0 Å². The molecule has 144 valence electrons. The molecule has 1 heterocycles. The number of anilines is 2. The van der Waals surface area contributed by atoms with E-state index in [0.29, 0.717) is 19.4 Å². The summed E-state index contributed by atoms with van der Waals surface area (Å²) in [6, 6.07) is 16.1. The van der Waals surface area contributed by atoms with E-state index in [1.807, 2.05) is 43.3 Å². The summed E-state index contributed by atoms with van der Waals surface area (Å²) in [4.78, 5) is 16.8. The van der Waals surface area contributed by atoms with Gasteiger partial charge in [-0.1, -0.05) is 17.7 Å². The third-order valence-corrected chi connectivity index (χ3v) is 4.86. The van der Waals surface area contributed by atoms with Crippen molar-refractivity contribution in [3.8, 4) is 5.75 Å². The number of carbonyl (C=O) groups is 1. The molecule has 0 radical (unpaired) electrons. The lowest BCUT2D eigenvalue weighted by Crippen LogP contribution is -2.44. The molecule has 0 aliphatic carbocycles. The van der Waals surface area contributed by atoms with Crippen LogP contribution in [0, 0.1) is 6.92 Å². The van der Waals surface area contributed by atoms with Crippen molar-refractivity contribution in [1.82, 2.24) is 4.90 Å². The molecule has 0 saturated carbocycles. The maximum atomic E-state index is 12.1. The van der Waals surface area contributed by atoms with E-state index in [1.54, 1.807) is 0 Å². The average molecular weight is 367 g/mol. The summed E-state index contributed by atoms with van der Waals surface area (Å²) in [5.74, 6) is 0.871. The lowest BCUT2D eigenvalue weighted by Gasteiger charge is -2.34. The standard InChI is InChI=1S/C22H29N3O2/c1-18-5-11-21(12-6-18)27-17-3-4-22(26)23-19-7-9-20(10-8-19)25-15-13-24(2)14-16-25/h5-12H,3-4,13-17H2,1-2H3,(H,23,26). The Labute approximate surface area is 161 Å². The predicted molar refractivity (Wildman–Crippen MR) is 111 cm³/mol. The van der Waals surface area contributed by atoms with Gasteiger partial charge >= 0.3 is 0 Å². The highest BCUT2D eigenvalue weighted by Gasteiger charge is 2.14. The summed E-state index contributed by atoms with van der Waals surface area (Å²) < 4.78 is 5.66. The molecule has 0 atom stereocenters. The number of ether oxygens (including phenoxy) is 1. The minimum atomic E-state index is 0.0230. The normalized spacial score (nSPS) is 14.8. The lowest BCUT2D eigenvalue weighted by molar-refractivity contribution is -0.116. The van der Waals surface area contributed by atoms with Crippen molar-refractivity contribution < 1.29 is 9.53 Å². The van der Waals surface area contributed by atoms with Crippen molar-refractivity contribution in [3.63, 3.8) is 0 Å². The topological polar surface area (TPSA) is 44.8 Å². The van der Waals surface area contributed by atoms with Gasteiger partial charge in [0.25, 0.3) is 0 Å². The van der Waals surface area contributed by atoms with E-state index in [0.717, 1.165) is 37.6 Å². The second-order valence-electron chi connectivity index (χ2n) is 7.15. The van der Waals surface area contributed by atoms with Gasteiger partial charge in [-0.05, 0) is 56.8 Å². The van der Waals surface area contributed by atoms with E-state index >= 15 is 0 Å². The molecule has 1 N–H and O–H groups in total. The maximum absolute atomic E-state index is 12.1. The molecule has 0 bridgehead atoms. The highest BCUT2D eigenvalue weighted by Crippen LogP contribution is 2.19. The SMILES string of the molecule is Cc1ccc(OCCCC(=O)Nc2ccc(N3CCN(C)CC3)cc2)cc1. The van der Waals surface area contributed by atoms with Crippen molar-refractivity contribution in [2.24, 2.45) is 0 Å². The Morgan fingerprint density at radius 1 is 1.00 bits per heavy atom. The van der Waals surface area contributed by atoms with Crippen molar-refractivity contribution in [3.05, 3.63) is 54.1 Å². The van der Waals surface area contributed by atoms with Crippen LogP contribution in [0.3, 0.4) is 0 Å². The third kappa shape index (κ3) is 6.00. The molecule has 1 amide bonds. The highest BCUT2D eigenvalue weighted by atomic mass is 16.5. The Morgan fingerprint density at radius 3 is 2.33 bits per heavy atom. The van der Waals surface area contributed by atoms with E-state index in [2.05, 4.69) is 34.3 Å². The minimum Gasteiger partial charge on any atom is -0.494 e. The Kier molecular flexibility index (Phi) is 6.71. The number of rotatable bonds is 7. The number of nitrogens with one attached hydrogen (secondary N) is 1. The Hall–Kier alpha value is -2.53. The van der Waals surface area contributed by atoms with Crippen LogP contribution in [-0.4, -0.2) is 50.6 Å². The van der Waals surface area contributed by atoms with E-state index < -0.39 is 0 Å². The Morgan fingerprint density at radius 2 is 1.67 bits per heavy atom. The molecule has 0 spiro atoms. The molecule has 0 unspecified atom stereocenters. The van der Waals surface area contributed by atoms with E-state index in [1.165, 1.54) is 11.3 Å². The zero-order chi connectivity index (χ0) is 19.1. The minimum absolute atomic E-state index is 0.0230. The smallest absolute Gasteiger partial charge is 0.224 e. The highest BCUT2D eigenvalue weighted by molar-refractivity contribution is 5.90. The van der Waals surface area contributed by atoms with Crippen molar-refractivity contribution in [2.75, 3.05) is 50.1 Å². The molecular weight excluding hydrogens is 338 g/mol. The molecule has 2 aromatic carbocycles. The largest absolute Gasteiger partial charge is 0.494 e. The van der Waals surface area contributed by atoms with Gasteiger partial charge in [0.1, 0.15) is 5.75 Å². The fourth-order valence-corrected chi connectivity index (χ4v) is 3.10.